The van der Waals surface area contributed by atoms with Gasteiger partial charge in [-0.15, -0.1) is 46.4 Å². The van der Waals surface area contributed by atoms with Crippen molar-refractivity contribution in [2.75, 3.05) is 23.5 Å². The van der Waals surface area contributed by atoms with Crippen molar-refractivity contribution in [3.05, 3.63) is 0 Å². The molecule has 2 nitrogen and oxygen atoms in total. The molecule has 0 amide bonds. The largest absolute Gasteiger partial charge is 0.415 e. The average Bonchev–Trinajstić information content (AvgIpc) is 2.52. The maximum Gasteiger partial charge on any atom is 0.326 e. The van der Waals surface area contributed by atoms with Crippen molar-refractivity contribution in [1.82, 2.24) is 0 Å². The standard InChI is InChI=1S/C16H32Cl4O2Si2/c1-23(2)21-24(22-23,15-4-3-11-17)16(8-5-12-18,9-6-13-19)10-7-14-20/h3-15H2,1-2H3. The first-order valence-electron chi connectivity index (χ1n) is 9.05. The molecule has 0 unspecified atom stereocenters. The van der Waals surface area contributed by atoms with Crippen LogP contribution in [-0.2, 0) is 8.23 Å². The van der Waals surface area contributed by atoms with Crippen LogP contribution in [0.3, 0.4) is 0 Å². The first kappa shape index (κ1) is 23.6. The van der Waals surface area contributed by atoms with E-state index in [1.807, 2.05) is 0 Å². The summed E-state index contributed by atoms with van der Waals surface area (Å²) in [7, 11) is -4.22. The molecule has 1 aliphatic heterocycles. The van der Waals surface area contributed by atoms with Crippen LogP contribution in [0.1, 0.15) is 51.4 Å². The maximum atomic E-state index is 6.70. The number of unbranched alkanes of at least 4 members (excludes halogenated alkanes) is 1. The monoisotopic (exact) mass is 452 g/mol. The number of alkyl halides is 4. The minimum atomic E-state index is -2.28. The zero-order chi connectivity index (χ0) is 18.1. The molecule has 1 fully saturated rings. The summed E-state index contributed by atoms with van der Waals surface area (Å²) in [6, 6.07) is 1.03. The molecule has 8 heteroatoms. The SMILES string of the molecule is C[Si]1(C)O[Si](CCCCCl)(C(CCCCl)(CCCCl)CCCCl)O1. The molecule has 0 atom stereocenters. The van der Waals surface area contributed by atoms with Gasteiger partial charge in [0, 0.05) is 28.6 Å². The van der Waals surface area contributed by atoms with Gasteiger partial charge in [0.05, 0.1) is 0 Å². The lowest BCUT2D eigenvalue weighted by Crippen LogP contribution is -2.73. The molecule has 0 aromatic rings. The van der Waals surface area contributed by atoms with Crippen molar-refractivity contribution in [3.8, 4) is 0 Å². The molecule has 144 valence electrons. The highest BCUT2D eigenvalue weighted by molar-refractivity contribution is 6.94. The van der Waals surface area contributed by atoms with E-state index in [-0.39, 0.29) is 5.04 Å². The minimum Gasteiger partial charge on any atom is -0.415 e. The summed E-state index contributed by atoms with van der Waals surface area (Å²) < 4.78 is 13.4. The zero-order valence-corrected chi connectivity index (χ0v) is 20.0. The second kappa shape index (κ2) is 11.4. The highest BCUT2D eigenvalue weighted by atomic mass is 35.5. The fraction of sp³-hybridized carbons (Fsp3) is 1.00. The quantitative estimate of drug-likeness (QED) is 0.160. The van der Waals surface area contributed by atoms with Gasteiger partial charge in [0.1, 0.15) is 0 Å². The van der Waals surface area contributed by atoms with Gasteiger partial charge in [0.25, 0.3) is 0 Å². The second-order valence-corrected chi connectivity index (χ2v) is 16.2. The Morgan fingerprint density at radius 3 is 1.42 bits per heavy atom. The summed E-state index contributed by atoms with van der Waals surface area (Å²) in [5.74, 6) is 2.73. The predicted octanol–water partition coefficient (Wildman–Crippen LogP) is 6.99. The molecule has 0 saturated carbocycles. The van der Waals surface area contributed by atoms with Gasteiger partial charge in [-0.1, -0.05) is 6.42 Å². The van der Waals surface area contributed by atoms with Gasteiger partial charge in [0.2, 0.25) is 0 Å². The molecule has 0 aliphatic carbocycles. The van der Waals surface area contributed by atoms with E-state index >= 15 is 0 Å². The van der Waals surface area contributed by atoms with Gasteiger partial charge in [0.15, 0.2) is 0 Å². The van der Waals surface area contributed by atoms with E-state index in [1.165, 1.54) is 0 Å². The summed E-state index contributed by atoms with van der Waals surface area (Å²) in [6.45, 7) is 4.30. The van der Waals surface area contributed by atoms with E-state index in [2.05, 4.69) is 13.1 Å². The number of hydrogen-bond acceptors (Lipinski definition) is 2. The summed E-state index contributed by atoms with van der Waals surface area (Å²) in [6.07, 6.45) is 8.24. The third-order valence-corrected chi connectivity index (χ3v) is 15.9. The Bertz CT molecular complexity index is 329. The van der Waals surface area contributed by atoms with Crippen LogP contribution < -0.4 is 0 Å². The van der Waals surface area contributed by atoms with Gasteiger partial charge in [-0.05, 0) is 64.1 Å². The van der Waals surface area contributed by atoms with Crippen LogP contribution in [0.5, 0.6) is 0 Å². The second-order valence-electron chi connectivity index (χ2n) is 7.16. The van der Waals surface area contributed by atoms with Crippen LogP contribution >= 0.6 is 46.4 Å². The maximum absolute atomic E-state index is 6.70. The molecular formula is C16H32Cl4O2Si2. The third kappa shape index (κ3) is 6.29. The average molecular weight is 454 g/mol. The van der Waals surface area contributed by atoms with Crippen LogP contribution in [0.25, 0.3) is 0 Å². The molecule has 1 heterocycles. The molecule has 24 heavy (non-hydrogen) atoms. The summed E-state index contributed by atoms with van der Waals surface area (Å²) >= 11 is 24.0. The Labute approximate surface area is 170 Å². The van der Waals surface area contributed by atoms with Crippen molar-refractivity contribution in [3.63, 3.8) is 0 Å². The van der Waals surface area contributed by atoms with Crippen LogP contribution in [0.2, 0.25) is 24.2 Å². The van der Waals surface area contributed by atoms with Crippen molar-refractivity contribution < 1.29 is 8.23 Å². The van der Waals surface area contributed by atoms with E-state index in [9.17, 15) is 0 Å². The molecule has 0 aromatic carbocycles. The van der Waals surface area contributed by atoms with Crippen LogP contribution in [0.15, 0.2) is 0 Å². The minimum absolute atomic E-state index is 0.0838. The number of hydrogen-bond donors (Lipinski definition) is 0. The Morgan fingerprint density at radius 1 is 0.667 bits per heavy atom. The zero-order valence-electron chi connectivity index (χ0n) is 15.0. The van der Waals surface area contributed by atoms with Crippen molar-refractivity contribution in [2.24, 2.45) is 0 Å². The normalized spacial score (nSPS) is 19.2. The molecule has 0 bridgehead atoms. The lowest BCUT2D eigenvalue weighted by atomic mass is 9.92. The van der Waals surface area contributed by atoms with Crippen molar-refractivity contribution in [2.45, 2.75) is 75.5 Å². The first-order chi connectivity index (χ1) is 11.4. The van der Waals surface area contributed by atoms with Crippen molar-refractivity contribution >= 4 is 63.5 Å². The molecular weight excluding hydrogens is 422 g/mol. The predicted molar refractivity (Wildman–Crippen MR) is 113 cm³/mol. The summed E-state index contributed by atoms with van der Waals surface area (Å²) in [5, 5.41) is 0.0838. The molecule has 0 aromatic heterocycles. The smallest absolute Gasteiger partial charge is 0.326 e. The molecule has 1 aliphatic rings. The van der Waals surface area contributed by atoms with Crippen LogP contribution in [0.4, 0.5) is 0 Å². The topological polar surface area (TPSA) is 18.5 Å². The fourth-order valence-electron chi connectivity index (χ4n) is 4.00. The van der Waals surface area contributed by atoms with E-state index in [0.29, 0.717) is 23.5 Å². The Kier molecular flexibility index (Phi) is 11.2. The molecule has 0 radical (unpaired) electrons. The number of rotatable bonds is 14. The molecule has 1 saturated heterocycles. The van der Waals surface area contributed by atoms with Gasteiger partial charge >= 0.3 is 17.1 Å². The van der Waals surface area contributed by atoms with E-state index in [4.69, 9.17) is 54.6 Å². The highest BCUT2D eigenvalue weighted by Crippen LogP contribution is 2.59. The molecule has 0 N–H and O–H groups in total. The highest BCUT2D eigenvalue weighted by Gasteiger charge is 2.66. The fourth-order valence-corrected chi connectivity index (χ4v) is 16.5. The van der Waals surface area contributed by atoms with Gasteiger partial charge in [-0.3, -0.25) is 0 Å². The third-order valence-electron chi connectivity index (χ3n) is 4.89. The lowest BCUT2D eigenvalue weighted by molar-refractivity contribution is 0.164. The van der Waals surface area contributed by atoms with Gasteiger partial charge in [-0.25, -0.2) is 0 Å². The molecule has 0 spiro atoms. The van der Waals surface area contributed by atoms with E-state index < -0.39 is 17.1 Å². The van der Waals surface area contributed by atoms with Crippen LogP contribution in [0, 0.1) is 0 Å². The Hall–Kier alpha value is 1.51. The van der Waals surface area contributed by atoms with E-state index in [1.54, 1.807) is 0 Å². The van der Waals surface area contributed by atoms with Crippen molar-refractivity contribution in [1.29, 1.82) is 0 Å². The summed E-state index contributed by atoms with van der Waals surface area (Å²) in [4.78, 5) is 0. The Balaban J connectivity index is 3.05. The summed E-state index contributed by atoms with van der Waals surface area (Å²) in [5.41, 5.74) is 0. The van der Waals surface area contributed by atoms with Crippen LogP contribution in [-0.4, -0.2) is 40.6 Å². The van der Waals surface area contributed by atoms with E-state index in [0.717, 1.165) is 57.4 Å². The lowest BCUT2D eigenvalue weighted by Gasteiger charge is -2.60. The number of halogens is 4. The Morgan fingerprint density at radius 2 is 1.08 bits per heavy atom. The van der Waals surface area contributed by atoms with Gasteiger partial charge < -0.3 is 8.23 Å². The molecule has 1 rings (SSSR count). The van der Waals surface area contributed by atoms with Gasteiger partial charge in [-0.2, -0.15) is 0 Å². The first-order valence-corrected chi connectivity index (χ1v) is 16.0.